The molecule has 0 radical (unpaired) electrons. The van der Waals surface area contributed by atoms with Crippen LogP contribution in [0.2, 0.25) is 20.4 Å². The summed E-state index contributed by atoms with van der Waals surface area (Å²) in [5.74, 6) is 0. The molecule has 1 rings (SSSR count). The van der Waals surface area contributed by atoms with Crippen molar-refractivity contribution in [2.45, 2.75) is 20.0 Å². The van der Waals surface area contributed by atoms with Gasteiger partial charge in [-0.3, -0.25) is 0 Å². The highest BCUT2D eigenvalue weighted by atomic mass is 35.5. The van der Waals surface area contributed by atoms with Gasteiger partial charge in [-0.05, 0) is 13.8 Å². The van der Waals surface area contributed by atoms with E-state index < -0.39 is 0 Å². The molecule has 84 valence electrons. The average molecular weight is 289 g/mol. The molecule has 15 heavy (non-hydrogen) atoms. The van der Waals surface area contributed by atoms with Crippen LogP contribution in [0.1, 0.15) is 25.5 Å². The Morgan fingerprint density at radius 1 is 1.13 bits per heavy atom. The van der Waals surface area contributed by atoms with E-state index in [0.29, 0.717) is 17.2 Å². The van der Waals surface area contributed by atoms with Gasteiger partial charge in [-0.1, -0.05) is 46.4 Å². The molecule has 2 nitrogen and oxygen atoms in total. The molecule has 0 aliphatic rings. The smallest absolute Gasteiger partial charge is 0.150 e. The van der Waals surface area contributed by atoms with E-state index in [1.165, 1.54) is 0 Å². The third kappa shape index (κ3) is 2.89. The monoisotopic (exact) mass is 287 g/mol. The van der Waals surface area contributed by atoms with Gasteiger partial charge in [0.15, 0.2) is 5.15 Å². The van der Waals surface area contributed by atoms with Crippen molar-refractivity contribution in [2.75, 3.05) is 6.61 Å². The number of hydrogen-bond acceptors (Lipinski definition) is 2. The van der Waals surface area contributed by atoms with E-state index in [1.807, 2.05) is 13.8 Å². The van der Waals surface area contributed by atoms with Crippen molar-refractivity contribution in [3.63, 3.8) is 0 Å². The third-order valence-electron chi connectivity index (χ3n) is 1.85. The van der Waals surface area contributed by atoms with Crippen LogP contribution in [0.15, 0.2) is 0 Å². The Bertz CT molecular complexity index is 370. The molecule has 0 saturated carbocycles. The van der Waals surface area contributed by atoms with Crippen molar-refractivity contribution in [3.8, 4) is 0 Å². The molecule has 0 amide bonds. The molecular weight excluding hydrogens is 280 g/mol. The second kappa shape index (κ2) is 5.55. The first-order valence-corrected chi connectivity index (χ1v) is 5.81. The normalized spacial score (nSPS) is 12.9. The first kappa shape index (κ1) is 13.3. The maximum atomic E-state index is 6.01. The molecule has 1 unspecified atom stereocenters. The molecule has 0 aliphatic heterocycles. The van der Waals surface area contributed by atoms with Crippen molar-refractivity contribution in [2.24, 2.45) is 0 Å². The number of aromatic nitrogens is 1. The summed E-state index contributed by atoms with van der Waals surface area (Å²) in [4.78, 5) is 3.87. The molecular formula is C9H9Cl4NO. The fourth-order valence-corrected chi connectivity index (χ4v) is 2.30. The summed E-state index contributed by atoms with van der Waals surface area (Å²) in [5, 5.41) is 0.807. The molecule has 6 heteroatoms. The lowest BCUT2D eigenvalue weighted by Gasteiger charge is -2.15. The Balaban J connectivity index is 3.23. The highest BCUT2D eigenvalue weighted by Crippen LogP contribution is 2.39. The molecule has 1 aromatic rings. The number of pyridine rings is 1. The minimum Gasteiger partial charge on any atom is -0.374 e. The van der Waals surface area contributed by atoms with Gasteiger partial charge in [-0.15, -0.1) is 0 Å². The van der Waals surface area contributed by atoms with E-state index in [9.17, 15) is 0 Å². The first-order valence-electron chi connectivity index (χ1n) is 4.30. The van der Waals surface area contributed by atoms with Crippen LogP contribution in [-0.2, 0) is 4.74 Å². The van der Waals surface area contributed by atoms with Gasteiger partial charge in [0.05, 0.1) is 16.1 Å². The Morgan fingerprint density at radius 3 is 2.27 bits per heavy atom. The Kier molecular flexibility index (Phi) is 4.94. The largest absolute Gasteiger partial charge is 0.374 e. The average Bonchev–Trinajstić information content (AvgIpc) is 2.15. The van der Waals surface area contributed by atoms with Crippen LogP contribution in [0.4, 0.5) is 0 Å². The predicted octanol–water partition coefficient (Wildman–Crippen LogP) is 4.79. The molecule has 0 bridgehead atoms. The van der Waals surface area contributed by atoms with Gasteiger partial charge in [0.2, 0.25) is 0 Å². The van der Waals surface area contributed by atoms with Crippen molar-refractivity contribution in [3.05, 3.63) is 25.9 Å². The Labute approximate surface area is 108 Å². The quantitative estimate of drug-likeness (QED) is 0.746. The number of hydrogen-bond donors (Lipinski definition) is 0. The third-order valence-corrected chi connectivity index (χ3v) is 3.37. The van der Waals surface area contributed by atoms with Crippen LogP contribution in [0.5, 0.6) is 0 Å². The molecule has 0 aliphatic carbocycles. The molecule has 0 saturated heterocycles. The van der Waals surface area contributed by atoms with Gasteiger partial charge in [0, 0.05) is 12.2 Å². The van der Waals surface area contributed by atoms with E-state index in [2.05, 4.69) is 4.98 Å². The van der Waals surface area contributed by atoms with E-state index in [-0.39, 0.29) is 21.4 Å². The van der Waals surface area contributed by atoms with Gasteiger partial charge < -0.3 is 4.74 Å². The van der Waals surface area contributed by atoms with Crippen molar-refractivity contribution >= 4 is 46.4 Å². The second-order valence-electron chi connectivity index (χ2n) is 2.83. The van der Waals surface area contributed by atoms with Crippen LogP contribution >= 0.6 is 46.4 Å². The molecule has 1 heterocycles. The zero-order valence-corrected chi connectivity index (χ0v) is 11.2. The van der Waals surface area contributed by atoms with Crippen molar-refractivity contribution in [1.29, 1.82) is 0 Å². The second-order valence-corrected chi connectivity index (χ2v) is 4.30. The maximum absolute atomic E-state index is 6.01. The summed E-state index contributed by atoms with van der Waals surface area (Å²) in [6.45, 7) is 4.25. The maximum Gasteiger partial charge on any atom is 0.150 e. The van der Waals surface area contributed by atoms with E-state index in [1.54, 1.807) is 0 Å². The standard InChI is InChI=1S/C9H9Cl4NO/c1-3-15-4(2)5-6(10)7(11)9(13)14-8(5)12/h4H,3H2,1-2H3. The first-order chi connectivity index (χ1) is 6.99. The topological polar surface area (TPSA) is 22.1 Å². The summed E-state index contributed by atoms with van der Waals surface area (Å²) in [5.41, 5.74) is 0.564. The van der Waals surface area contributed by atoms with E-state index in [4.69, 9.17) is 51.1 Å². The van der Waals surface area contributed by atoms with Gasteiger partial charge in [0.1, 0.15) is 5.15 Å². The van der Waals surface area contributed by atoms with Crippen molar-refractivity contribution < 1.29 is 4.74 Å². The molecule has 1 atom stereocenters. The van der Waals surface area contributed by atoms with E-state index >= 15 is 0 Å². The van der Waals surface area contributed by atoms with Crippen LogP contribution in [0, 0.1) is 0 Å². The molecule has 0 fully saturated rings. The van der Waals surface area contributed by atoms with Gasteiger partial charge in [0.25, 0.3) is 0 Å². The lowest BCUT2D eigenvalue weighted by atomic mass is 10.2. The van der Waals surface area contributed by atoms with Crippen LogP contribution < -0.4 is 0 Å². The summed E-state index contributed by atoms with van der Waals surface area (Å²) in [6.07, 6.45) is -0.266. The predicted molar refractivity (Wildman–Crippen MR) is 64.3 cm³/mol. The number of nitrogens with zero attached hydrogens (tertiary/aromatic N) is 1. The zero-order chi connectivity index (χ0) is 11.6. The summed E-state index contributed by atoms with van der Waals surface area (Å²) >= 11 is 23.5. The molecule has 0 spiro atoms. The van der Waals surface area contributed by atoms with Gasteiger partial charge >= 0.3 is 0 Å². The Hall–Kier alpha value is 0.270. The lowest BCUT2D eigenvalue weighted by Crippen LogP contribution is -2.03. The number of ether oxygens (including phenoxy) is 1. The van der Waals surface area contributed by atoms with Crippen molar-refractivity contribution in [1.82, 2.24) is 4.98 Å². The number of rotatable bonds is 3. The SMILES string of the molecule is CCOC(C)c1c(Cl)nc(Cl)c(Cl)c1Cl. The van der Waals surface area contributed by atoms with Crippen LogP contribution in [0.3, 0.4) is 0 Å². The summed E-state index contributed by atoms with van der Waals surface area (Å²) in [6, 6.07) is 0. The fraction of sp³-hybridized carbons (Fsp3) is 0.444. The van der Waals surface area contributed by atoms with Gasteiger partial charge in [-0.25, -0.2) is 4.98 Å². The molecule has 1 aromatic heterocycles. The van der Waals surface area contributed by atoms with E-state index in [0.717, 1.165) is 0 Å². The van der Waals surface area contributed by atoms with Gasteiger partial charge in [-0.2, -0.15) is 0 Å². The summed E-state index contributed by atoms with van der Waals surface area (Å²) < 4.78 is 5.37. The van der Waals surface area contributed by atoms with Crippen LogP contribution in [0.25, 0.3) is 0 Å². The minimum atomic E-state index is -0.266. The Morgan fingerprint density at radius 2 is 1.73 bits per heavy atom. The molecule has 0 aromatic carbocycles. The minimum absolute atomic E-state index is 0.0964. The highest BCUT2D eigenvalue weighted by Gasteiger charge is 2.20. The highest BCUT2D eigenvalue weighted by molar-refractivity contribution is 6.48. The van der Waals surface area contributed by atoms with Crippen LogP contribution in [-0.4, -0.2) is 11.6 Å². The zero-order valence-electron chi connectivity index (χ0n) is 8.15. The number of halogens is 4. The lowest BCUT2D eigenvalue weighted by molar-refractivity contribution is 0.0763. The fourth-order valence-electron chi connectivity index (χ4n) is 1.17. The summed E-state index contributed by atoms with van der Waals surface area (Å²) in [7, 11) is 0. The molecule has 0 N–H and O–H groups in total.